The average molecular weight is 326 g/mol. The van der Waals surface area contributed by atoms with Crippen molar-refractivity contribution in [2.24, 2.45) is 0 Å². The van der Waals surface area contributed by atoms with Crippen LogP contribution in [-0.4, -0.2) is 28.6 Å². The first-order chi connectivity index (χ1) is 10.1. The van der Waals surface area contributed by atoms with Gasteiger partial charge in [0.25, 0.3) is 0 Å². The minimum absolute atomic E-state index is 0.0926. The number of alkyl halides is 1. The number of rotatable bonds is 6. The van der Waals surface area contributed by atoms with Crippen molar-refractivity contribution in [1.82, 2.24) is 10.2 Å². The first-order valence-electron chi connectivity index (χ1n) is 6.46. The van der Waals surface area contributed by atoms with Crippen molar-refractivity contribution in [3.05, 3.63) is 34.3 Å². The molecule has 112 valence electrons. The maximum Gasteiger partial charge on any atom is 0.241 e. The molecule has 0 bridgehead atoms. The van der Waals surface area contributed by atoms with Crippen molar-refractivity contribution in [3.8, 4) is 5.75 Å². The molecule has 0 saturated carbocycles. The van der Waals surface area contributed by atoms with Gasteiger partial charge in [0.2, 0.25) is 11.0 Å². The van der Waals surface area contributed by atoms with Gasteiger partial charge < -0.3 is 4.74 Å². The van der Waals surface area contributed by atoms with Crippen LogP contribution in [0.2, 0.25) is 0 Å². The number of carbonyl (C=O) groups excluding carboxylic acids is 1. The quantitative estimate of drug-likeness (QED) is 0.829. The lowest BCUT2D eigenvalue weighted by Crippen LogP contribution is -2.12. The number of carbonyl (C=O) groups is 1. The number of aryl methyl sites for hydroxylation is 2. The summed E-state index contributed by atoms with van der Waals surface area (Å²) in [5.74, 6) is 0.506. The second-order valence-corrected chi connectivity index (χ2v) is 5.88. The first-order valence-corrected chi connectivity index (χ1v) is 7.82. The van der Waals surface area contributed by atoms with E-state index in [0.717, 1.165) is 21.9 Å². The second kappa shape index (κ2) is 7.38. The van der Waals surface area contributed by atoms with Gasteiger partial charge in [-0.2, -0.15) is 0 Å². The van der Waals surface area contributed by atoms with Gasteiger partial charge in [-0.25, -0.2) is 0 Å². The van der Waals surface area contributed by atoms with E-state index in [4.69, 9.17) is 16.3 Å². The Hall–Kier alpha value is -1.66. The fraction of sp³-hybridized carbons (Fsp3) is 0.357. The van der Waals surface area contributed by atoms with E-state index >= 15 is 0 Å². The van der Waals surface area contributed by atoms with E-state index in [1.54, 1.807) is 0 Å². The fourth-order valence-electron chi connectivity index (χ4n) is 1.67. The zero-order valence-corrected chi connectivity index (χ0v) is 13.4. The van der Waals surface area contributed by atoms with E-state index < -0.39 is 0 Å². The normalized spacial score (nSPS) is 10.4. The van der Waals surface area contributed by atoms with Crippen LogP contribution in [0.3, 0.4) is 0 Å². The highest BCUT2D eigenvalue weighted by Crippen LogP contribution is 2.20. The van der Waals surface area contributed by atoms with Gasteiger partial charge in [-0.05, 0) is 31.0 Å². The van der Waals surface area contributed by atoms with Crippen LogP contribution in [0.4, 0.5) is 5.13 Å². The van der Waals surface area contributed by atoms with Crippen molar-refractivity contribution in [1.29, 1.82) is 0 Å². The summed E-state index contributed by atoms with van der Waals surface area (Å²) in [6, 6.07) is 6.11. The summed E-state index contributed by atoms with van der Waals surface area (Å²) in [7, 11) is 0. The Morgan fingerprint density at radius 2 is 2.19 bits per heavy atom. The van der Waals surface area contributed by atoms with E-state index in [0.29, 0.717) is 18.2 Å². The number of ether oxygens (including phenoxy) is 1. The monoisotopic (exact) mass is 325 g/mol. The maximum atomic E-state index is 11.1. The van der Waals surface area contributed by atoms with Crippen LogP contribution in [0.5, 0.6) is 5.75 Å². The number of hydrogen-bond acceptors (Lipinski definition) is 5. The lowest BCUT2D eigenvalue weighted by atomic mass is 10.1. The van der Waals surface area contributed by atoms with Crippen LogP contribution in [0.1, 0.15) is 16.1 Å². The standard InChI is InChI=1S/C14H16ClN3O2S/c1-9-3-4-10(2)11(7-9)20-6-5-13-17-18-14(21-13)16-12(19)8-15/h3-4,7H,5-6,8H2,1-2H3,(H,16,18,19). The number of hydrogen-bond donors (Lipinski definition) is 1. The molecule has 1 aromatic carbocycles. The summed E-state index contributed by atoms with van der Waals surface area (Å²) < 4.78 is 5.76. The Morgan fingerprint density at radius 1 is 1.38 bits per heavy atom. The molecule has 2 aromatic rings. The van der Waals surface area contributed by atoms with Gasteiger partial charge in [-0.3, -0.25) is 10.1 Å². The van der Waals surface area contributed by atoms with Crippen LogP contribution in [0.25, 0.3) is 0 Å². The van der Waals surface area contributed by atoms with Crippen LogP contribution in [-0.2, 0) is 11.2 Å². The molecule has 0 fully saturated rings. The first kappa shape index (κ1) is 15.7. The Bertz CT molecular complexity index is 630. The molecule has 1 aromatic heterocycles. The molecule has 0 spiro atoms. The third-order valence-corrected chi connectivity index (χ3v) is 3.89. The van der Waals surface area contributed by atoms with E-state index in [-0.39, 0.29) is 11.8 Å². The van der Waals surface area contributed by atoms with E-state index in [1.165, 1.54) is 11.3 Å². The van der Waals surface area contributed by atoms with E-state index in [2.05, 4.69) is 21.6 Å². The highest BCUT2D eigenvalue weighted by molar-refractivity contribution is 7.15. The summed E-state index contributed by atoms with van der Waals surface area (Å²) in [5.41, 5.74) is 2.27. The van der Waals surface area contributed by atoms with Gasteiger partial charge >= 0.3 is 0 Å². The van der Waals surface area contributed by atoms with Crippen molar-refractivity contribution in [3.63, 3.8) is 0 Å². The third kappa shape index (κ3) is 4.68. The van der Waals surface area contributed by atoms with Gasteiger partial charge in [-0.1, -0.05) is 23.5 Å². The lowest BCUT2D eigenvalue weighted by Gasteiger charge is -2.08. The molecular weight excluding hydrogens is 310 g/mol. The lowest BCUT2D eigenvalue weighted by molar-refractivity contribution is -0.113. The van der Waals surface area contributed by atoms with Crippen LogP contribution in [0.15, 0.2) is 18.2 Å². The highest BCUT2D eigenvalue weighted by Gasteiger charge is 2.08. The second-order valence-electron chi connectivity index (χ2n) is 4.55. The largest absolute Gasteiger partial charge is 0.493 e. The van der Waals surface area contributed by atoms with Gasteiger partial charge in [0.1, 0.15) is 16.6 Å². The van der Waals surface area contributed by atoms with E-state index in [1.807, 2.05) is 26.0 Å². The van der Waals surface area contributed by atoms with Crippen LogP contribution < -0.4 is 10.1 Å². The molecule has 0 radical (unpaired) electrons. The molecule has 5 nitrogen and oxygen atoms in total. The van der Waals surface area contributed by atoms with Gasteiger partial charge in [0.15, 0.2) is 0 Å². The van der Waals surface area contributed by atoms with Gasteiger partial charge in [0, 0.05) is 6.42 Å². The molecule has 21 heavy (non-hydrogen) atoms. The number of amides is 1. The van der Waals surface area contributed by atoms with Gasteiger partial charge in [-0.15, -0.1) is 21.8 Å². The number of anilines is 1. The zero-order valence-electron chi connectivity index (χ0n) is 11.9. The number of nitrogens with one attached hydrogen (secondary N) is 1. The summed E-state index contributed by atoms with van der Waals surface area (Å²) in [4.78, 5) is 11.1. The molecule has 7 heteroatoms. The minimum Gasteiger partial charge on any atom is -0.493 e. The average Bonchev–Trinajstić information content (AvgIpc) is 2.90. The molecular formula is C14H16ClN3O2S. The highest BCUT2D eigenvalue weighted by atomic mass is 35.5. The van der Waals surface area contributed by atoms with Crippen molar-refractivity contribution in [2.75, 3.05) is 17.8 Å². The third-order valence-electron chi connectivity index (χ3n) is 2.75. The van der Waals surface area contributed by atoms with Crippen molar-refractivity contribution in [2.45, 2.75) is 20.3 Å². The molecule has 0 aliphatic heterocycles. The van der Waals surface area contributed by atoms with Crippen molar-refractivity contribution >= 4 is 34.0 Å². The topological polar surface area (TPSA) is 64.1 Å². The molecule has 0 saturated heterocycles. The molecule has 1 amide bonds. The zero-order chi connectivity index (χ0) is 15.2. The summed E-state index contributed by atoms with van der Waals surface area (Å²) in [6.07, 6.45) is 0.641. The number of benzene rings is 1. The summed E-state index contributed by atoms with van der Waals surface area (Å²) in [6.45, 7) is 4.56. The number of halogens is 1. The Kier molecular flexibility index (Phi) is 5.52. The molecule has 1 N–H and O–H groups in total. The maximum absolute atomic E-state index is 11.1. The number of nitrogens with zero attached hydrogens (tertiary/aromatic N) is 2. The molecule has 2 rings (SSSR count). The molecule has 1 heterocycles. The molecule has 0 aliphatic carbocycles. The number of aromatic nitrogens is 2. The molecule has 0 unspecified atom stereocenters. The predicted octanol–water partition coefficient (Wildman–Crippen LogP) is 2.95. The molecule has 0 aliphatic rings. The van der Waals surface area contributed by atoms with Gasteiger partial charge in [0.05, 0.1) is 6.61 Å². The summed E-state index contributed by atoms with van der Waals surface area (Å²) in [5, 5.41) is 11.7. The Balaban J connectivity index is 1.86. The van der Waals surface area contributed by atoms with E-state index in [9.17, 15) is 4.79 Å². The predicted molar refractivity (Wildman–Crippen MR) is 84.4 cm³/mol. The summed E-state index contributed by atoms with van der Waals surface area (Å²) >= 11 is 6.74. The Morgan fingerprint density at radius 3 is 2.95 bits per heavy atom. The van der Waals surface area contributed by atoms with Crippen molar-refractivity contribution < 1.29 is 9.53 Å². The smallest absolute Gasteiger partial charge is 0.241 e. The van der Waals surface area contributed by atoms with Crippen LogP contribution in [0, 0.1) is 13.8 Å². The van der Waals surface area contributed by atoms with Crippen LogP contribution >= 0.6 is 22.9 Å². The molecule has 0 atom stereocenters. The Labute approximate surface area is 132 Å². The minimum atomic E-state index is -0.286. The SMILES string of the molecule is Cc1ccc(C)c(OCCc2nnc(NC(=O)CCl)s2)c1. The fourth-order valence-corrected chi connectivity index (χ4v) is 2.47.